The second-order valence-electron chi connectivity index (χ2n) is 5.94. The van der Waals surface area contributed by atoms with Crippen molar-refractivity contribution in [1.82, 2.24) is 0 Å². The Hall–Kier alpha value is -3.07. The first-order valence-corrected chi connectivity index (χ1v) is 10.0. The Morgan fingerprint density at radius 1 is 1.04 bits per heavy atom. The normalized spacial score (nSPS) is 10.9. The number of carbonyl (C=O) groups is 2. The van der Waals surface area contributed by atoms with Crippen LogP contribution in [0.4, 0.5) is 5.69 Å². The monoisotopic (exact) mass is 407 g/mol. The van der Waals surface area contributed by atoms with Gasteiger partial charge < -0.3 is 19.5 Å². The molecule has 0 heterocycles. The number of carbonyl (C=O) groups excluding carboxylic acids is 2. The van der Waals surface area contributed by atoms with Gasteiger partial charge in [-0.3, -0.25) is 4.79 Å². The van der Waals surface area contributed by atoms with Gasteiger partial charge in [0.05, 0.1) is 30.4 Å². The van der Waals surface area contributed by atoms with Crippen molar-refractivity contribution in [2.75, 3.05) is 32.4 Å². The summed E-state index contributed by atoms with van der Waals surface area (Å²) in [6, 6.07) is 8.99. The lowest BCUT2D eigenvalue weighted by atomic mass is 10.1. The van der Waals surface area contributed by atoms with Crippen LogP contribution in [0.1, 0.15) is 15.9 Å². The van der Waals surface area contributed by atoms with Crippen LogP contribution in [-0.4, -0.2) is 47.4 Å². The van der Waals surface area contributed by atoms with Crippen LogP contribution in [-0.2, 0) is 19.4 Å². The van der Waals surface area contributed by atoms with E-state index in [2.05, 4.69) is 5.32 Å². The minimum atomic E-state index is -3.47. The van der Waals surface area contributed by atoms with Crippen molar-refractivity contribution in [2.45, 2.75) is 11.8 Å². The molecule has 0 aliphatic rings. The Morgan fingerprint density at radius 2 is 1.75 bits per heavy atom. The molecule has 0 saturated carbocycles. The van der Waals surface area contributed by atoms with Gasteiger partial charge in [-0.1, -0.05) is 6.07 Å². The number of esters is 1. The Morgan fingerprint density at radius 3 is 2.36 bits per heavy atom. The predicted molar refractivity (Wildman–Crippen MR) is 103 cm³/mol. The molecule has 0 fully saturated rings. The third kappa shape index (κ3) is 5.23. The largest absolute Gasteiger partial charge is 0.497 e. The van der Waals surface area contributed by atoms with Gasteiger partial charge in [0.1, 0.15) is 11.5 Å². The highest BCUT2D eigenvalue weighted by Crippen LogP contribution is 2.29. The summed E-state index contributed by atoms with van der Waals surface area (Å²) >= 11 is 0. The average molecular weight is 407 g/mol. The fourth-order valence-corrected chi connectivity index (χ4v) is 3.00. The number of amides is 1. The van der Waals surface area contributed by atoms with E-state index in [9.17, 15) is 18.0 Å². The maximum atomic E-state index is 12.3. The summed E-state index contributed by atoms with van der Waals surface area (Å²) in [6.07, 6.45) is 1.04. The molecule has 0 unspecified atom stereocenters. The first-order chi connectivity index (χ1) is 13.2. The third-order valence-corrected chi connectivity index (χ3v) is 4.98. The van der Waals surface area contributed by atoms with Crippen LogP contribution >= 0.6 is 0 Å². The van der Waals surface area contributed by atoms with Crippen LogP contribution < -0.4 is 14.8 Å². The maximum absolute atomic E-state index is 12.3. The van der Waals surface area contributed by atoms with E-state index in [-0.39, 0.29) is 10.5 Å². The van der Waals surface area contributed by atoms with Crippen molar-refractivity contribution in [3.63, 3.8) is 0 Å². The highest BCUT2D eigenvalue weighted by molar-refractivity contribution is 7.90. The molecule has 0 spiro atoms. The van der Waals surface area contributed by atoms with Crippen molar-refractivity contribution in [2.24, 2.45) is 0 Å². The minimum absolute atomic E-state index is 0.00234. The smallest absolute Gasteiger partial charge is 0.338 e. The Kier molecular flexibility index (Phi) is 6.63. The van der Waals surface area contributed by atoms with Gasteiger partial charge in [0, 0.05) is 12.3 Å². The molecule has 9 heteroatoms. The van der Waals surface area contributed by atoms with Crippen molar-refractivity contribution in [3.05, 3.63) is 47.5 Å². The zero-order chi connectivity index (χ0) is 20.9. The van der Waals surface area contributed by atoms with Crippen molar-refractivity contribution < 1.29 is 32.2 Å². The van der Waals surface area contributed by atoms with Gasteiger partial charge in [-0.05, 0) is 36.8 Å². The number of hydrogen-bond donors (Lipinski definition) is 1. The summed E-state index contributed by atoms with van der Waals surface area (Å²) in [7, 11) is -0.519. The number of hydrogen-bond acceptors (Lipinski definition) is 7. The molecule has 0 aliphatic carbocycles. The van der Waals surface area contributed by atoms with Gasteiger partial charge in [0.15, 0.2) is 16.4 Å². The van der Waals surface area contributed by atoms with E-state index in [1.54, 1.807) is 25.1 Å². The highest BCUT2D eigenvalue weighted by Gasteiger charge is 2.17. The van der Waals surface area contributed by atoms with Crippen molar-refractivity contribution in [3.8, 4) is 11.5 Å². The van der Waals surface area contributed by atoms with E-state index in [1.807, 2.05) is 0 Å². The summed E-state index contributed by atoms with van der Waals surface area (Å²) in [6.45, 7) is 1.10. The lowest BCUT2D eigenvalue weighted by molar-refractivity contribution is -0.119. The number of anilines is 1. The summed E-state index contributed by atoms with van der Waals surface area (Å²) < 4.78 is 38.6. The molecule has 2 rings (SSSR count). The number of aryl methyl sites for hydroxylation is 1. The molecule has 1 N–H and O–H groups in total. The number of sulfone groups is 1. The molecule has 28 heavy (non-hydrogen) atoms. The third-order valence-electron chi connectivity index (χ3n) is 3.87. The number of rotatable bonds is 7. The van der Waals surface area contributed by atoms with Crippen LogP contribution in [0.5, 0.6) is 11.5 Å². The first-order valence-electron chi connectivity index (χ1n) is 8.15. The van der Waals surface area contributed by atoms with Crippen molar-refractivity contribution >= 4 is 27.4 Å². The fraction of sp³-hybridized carbons (Fsp3) is 0.263. The van der Waals surface area contributed by atoms with E-state index >= 15 is 0 Å². The van der Waals surface area contributed by atoms with E-state index in [0.29, 0.717) is 22.7 Å². The van der Waals surface area contributed by atoms with E-state index in [4.69, 9.17) is 14.2 Å². The lowest BCUT2D eigenvalue weighted by Crippen LogP contribution is -2.21. The summed E-state index contributed by atoms with van der Waals surface area (Å²) in [5, 5.41) is 2.58. The molecule has 0 aromatic heterocycles. The Bertz CT molecular complexity index is 999. The van der Waals surface area contributed by atoms with Gasteiger partial charge in [0.2, 0.25) is 0 Å². The van der Waals surface area contributed by atoms with Crippen LogP contribution in [0.15, 0.2) is 41.3 Å². The number of ether oxygens (including phenoxy) is 3. The van der Waals surface area contributed by atoms with Gasteiger partial charge in [0.25, 0.3) is 5.91 Å². The lowest BCUT2D eigenvalue weighted by Gasteiger charge is -2.12. The highest BCUT2D eigenvalue weighted by atomic mass is 32.2. The van der Waals surface area contributed by atoms with Crippen LogP contribution in [0.2, 0.25) is 0 Å². The van der Waals surface area contributed by atoms with Gasteiger partial charge in [-0.2, -0.15) is 0 Å². The number of benzene rings is 2. The van der Waals surface area contributed by atoms with E-state index < -0.39 is 28.3 Å². The Balaban J connectivity index is 2.06. The SMILES string of the molecule is COc1ccc(NC(=O)COC(=O)c2cc(S(C)(=O)=O)ccc2C)c(OC)c1. The molecule has 0 bridgehead atoms. The van der Waals surface area contributed by atoms with E-state index in [0.717, 1.165) is 6.26 Å². The first kappa shape index (κ1) is 21.2. The molecule has 2 aromatic carbocycles. The number of nitrogens with one attached hydrogen (secondary N) is 1. The molecular formula is C19H21NO7S. The zero-order valence-electron chi connectivity index (χ0n) is 15.9. The molecular weight excluding hydrogens is 386 g/mol. The van der Waals surface area contributed by atoms with Crippen molar-refractivity contribution in [1.29, 1.82) is 0 Å². The molecule has 0 radical (unpaired) electrons. The number of methoxy groups -OCH3 is 2. The maximum Gasteiger partial charge on any atom is 0.338 e. The second-order valence-corrected chi connectivity index (χ2v) is 7.96. The molecule has 0 aliphatic heterocycles. The standard InChI is InChI=1S/C19H21NO7S/c1-12-5-7-14(28(4,23)24)10-15(12)19(22)27-11-18(21)20-16-8-6-13(25-2)9-17(16)26-3/h5-10H,11H2,1-4H3,(H,20,21). The summed E-state index contributed by atoms with van der Waals surface area (Å²) in [4.78, 5) is 24.4. The molecule has 8 nitrogen and oxygen atoms in total. The summed E-state index contributed by atoms with van der Waals surface area (Å²) in [5.41, 5.74) is 1.01. The Labute approximate surface area is 163 Å². The zero-order valence-corrected chi connectivity index (χ0v) is 16.8. The van der Waals surface area contributed by atoms with Gasteiger partial charge >= 0.3 is 5.97 Å². The quantitative estimate of drug-likeness (QED) is 0.701. The van der Waals surface area contributed by atoms with Crippen LogP contribution in [0.3, 0.4) is 0 Å². The molecule has 0 atom stereocenters. The molecule has 0 saturated heterocycles. The molecule has 1 amide bonds. The average Bonchev–Trinajstić information content (AvgIpc) is 2.65. The topological polar surface area (TPSA) is 108 Å². The van der Waals surface area contributed by atoms with Gasteiger partial charge in [-0.15, -0.1) is 0 Å². The van der Waals surface area contributed by atoms with Crippen LogP contribution in [0.25, 0.3) is 0 Å². The molecule has 150 valence electrons. The van der Waals surface area contributed by atoms with Crippen LogP contribution in [0, 0.1) is 6.92 Å². The van der Waals surface area contributed by atoms with Gasteiger partial charge in [-0.25, -0.2) is 13.2 Å². The molecule has 2 aromatic rings. The fourth-order valence-electron chi connectivity index (χ4n) is 2.35. The van der Waals surface area contributed by atoms with E-state index in [1.165, 1.54) is 32.4 Å². The predicted octanol–water partition coefficient (Wildman–Crippen LogP) is 2.21. The summed E-state index contributed by atoms with van der Waals surface area (Å²) in [5.74, 6) is -0.424. The second kappa shape index (κ2) is 8.75. The minimum Gasteiger partial charge on any atom is -0.497 e.